The number of nitrogens with zero attached hydrogens (tertiary/aromatic N) is 3. The average molecular weight is 577 g/mol. The number of ether oxygens (including phenoxy) is 1. The molecule has 0 saturated carbocycles. The zero-order valence-electron chi connectivity index (χ0n) is 22.0. The van der Waals surface area contributed by atoms with Crippen molar-refractivity contribution in [3.05, 3.63) is 88.6 Å². The summed E-state index contributed by atoms with van der Waals surface area (Å²) in [4.78, 5) is 29.4. The van der Waals surface area contributed by atoms with Gasteiger partial charge in [0, 0.05) is 24.3 Å². The highest BCUT2D eigenvalue weighted by molar-refractivity contribution is 8.00. The number of aryl methyl sites for hydroxylation is 1. The van der Waals surface area contributed by atoms with Crippen LogP contribution in [0.5, 0.6) is 0 Å². The van der Waals surface area contributed by atoms with Gasteiger partial charge < -0.3 is 10.1 Å². The standard InChI is InChI=1S/C30H29FN4O3S2/c1-19-8-2-5-12-23(19)35-30-27(28(33-35)24-13-7-15-39-24)29(21-10-3-4-11-22(21)31)40-18-26(37)34(30)17-25(36)32-16-20-9-6-14-38-20/h2-5,7-8,10-13,15,20,29H,6,9,14,16-18H2,1H3,(H,32,36)/t20-,29+/m1/s1. The second kappa shape index (κ2) is 11.6. The summed E-state index contributed by atoms with van der Waals surface area (Å²) in [6.07, 6.45) is 1.87. The minimum Gasteiger partial charge on any atom is -0.376 e. The van der Waals surface area contributed by atoms with Gasteiger partial charge in [0.15, 0.2) is 0 Å². The van der Waals surface area contributed by atoms with Crippen molar-refractivity contribution < 1.29 is 18.7 Å². The Balaban J connectivity index is 1.52. The number of anilines is 1. The summed E-state index contributed by atoms with van der Waals surface area (Å²) in [7, 11) is 0. The fourth-order valence-corrected chi connectivity index (χ4v) is 7.19. The first-order valence-electron chi connectivity index (χ1n) is 13.3. The highest BCUT2D eigenvalue weighted by Gasteiger charge is 2.39. The van der Waals surface area contributed by atoms with E-state index in [9.17, 15) is 9.59 Å². The largest absolute Gasteiger partial charge is 0.376 e. The van der Waals surface area contributed by atoms with Gasteiger partial charge in [-0.15, -0.1) is 23.1 Å². The summed E-state index contributed by atoms with van der Waals surface area (Å²) in [5.41, 5.74) is 3.62. The Morgan fingerprint density at radius 3 is 2.73 bits per heavy atom. The van der Waals surface area contributed by atoms with Crippen LogP contribution in [0.1, 0.15) is 34.8 Å². The number of thiophene rings is 1. The lowest BCUT2D eigenvalue weighted by atomic mass is 10.0. The maximum Gasteiger partial charge on any atom is 0.240 e. The average Bonchev–Trinajstić information content (AvgIpc) is 3.72. The highest BCUT2D eigenvalue weighted by atomic mass is 32.2. The number of carbonyl (C=O) groups excluding carboxylic acids is 2. The van der Waals surface area contributed by atoms with E-state index in [1.54, 1.807) is 22.9 Å². The van der Waals surface area contributed by atoms with Crippen LogP contribution in [-0.4, -0.2) is 53.1 Å². The third kappa shape index (κ3) is 5.18. The molecule has 4 aromatic rings. The van der Waals surface area contributed by atoms with Crippen molar-refractivity contribution in [2.24, 2.45) is 0 Å². The van der Waals surface area contributed by atoms with E-state index in [-0.39, 0.29) is 36.0 Å². The van der Waals surface area contributed by atoms with Crippen molar-refractivity contribution in [1.82, 2.24) is 15.1 Å². The Bertz CT molecular complexity index is 1530. The zero-order chi connectivity index (χ0) is 27.6. The summed E-state index contributed by atoms with van der Waals surface area (Å²) in [5, 5.41) is 9.47. The van der Waals surface area contributed by atoms with Crippen LogP contribution in [-0.2, 0) is 14.3 Å². The van der Waals surface area contributed by atoms with Crippen LogP contribution >= 0.6 is 23.1 Å². The summed E-state index contributed by atoms with van der Waals surface area (Å²) in [6.45, 7) is 2.90. The number of hydrogen-bond donors (Lipinski definition) is 1. The van der Waals surface area contributed by atoms with Crippen LogP contribution in [0.15, 0.2) is 66.0 Å². The van der Waals surface area contributed by atoms with E-state index in [0.29, 0.717) is 30.2 Å². The molecule has 1 N–H and O–H groups in total. The van der Waals surface area contributed by atoms with Gasteiger partial charge in [-0.25, -0.2) is 9.07 Å². The number of nitrogens with one attached hydrogen (secondary N) is 1. The molecule has 0 bridgehead atoms. The van der Waals surface area contributed by atoms with E-state index in [0.717, 1.165) is 34.5 Å². The van der Waals surface area contributed by atoms with E-state index in [1.807, 2.05) is 48.7 Å². The monoisotopic (exact) mass is 576 g/mol. The Morgan fingerprint density at radius 2 is 1.98 bits per heavy atom. The topological polar surface area (TPSA) is 76.5 Å². The minimum absolute atomic E-state index is 0.0109. The number of halogens is 1. The van der Waals surface area contributed by atoms with Crippen LogP contribution in [0.3, 0.4) is 0 Å². The van der Waals surface area contributed by atoms with E-state index >= 15 is 4.39 Å². The third-order valence-corrected chi connectivity index (χ3v) is 9.34. The number of rotatable bonds is 7. The molecule has 1 fully saturated rings. The van der Waals surface area contributed by atoms with Crippen molar-refractivity contribution in [3.63, 3.8) is 0 Å². The molecule has 2 aliphatic heterocycles. The SMILES string of the molecule is Cc1ccccc1-n1nc(-c2cccs2)c2c1N(CC(=O)NC[C@H]1CCCO1)C(=O)CS[C@H]2c1ccccc1F. The van der Waals surface area contributed by atoms with Crippen LogP contribution in [0, 0.1) is 12.7 Å². The Morgan fingerprint density at radius 1 is 1.15 bits per heavy atom. The van der Waals surface area contributed by atoms with E-state index in [1.165, 1.54) is 34.1 Å². The number of hydrogen-bond acceptors (Lipinski definition) is 6. The molecule has 0 aliphatic carbocycles. The lowest BCUT2D eigenvalue weighted by Gasteiger charge is -2.24. The van der Waals surface area contributed by atoms with Gasteiger partial charge in [-0.3, -0.25) is 14.5 Å². The number of thioether (sulfide) groups is 1. The molecule has 6 rings (SSSR count). The number of fused-ring (bicyclic) bond motifs is 1. The molecule has 0 unspecified atom stereocenters. The predicted molar refractivity (Wildman–Crippen MR) is 157 cm³/mol. The summed E-state index contributed by atoms with van der Waals surface area (Å²) >= 11 is 2.89. The Labute approximate surface area is 240 Å². The van der Waals surface area contributed by atoms with Gasteiger partial charge in [-0.1, -0.05) is 42.5 Å². The van der Waals surface area contributed by atoms with Gasteiger partial charge in [0.1, 0.15) is 23.9 Å². The molecular weight excluding hydrogens is 547 g/mol. The quantitative estimate of drug-likeness (QED) is 0.314. The summed E-state index contributed by atoms with van der Waals surface area (Å²) in [6, 6.07) is 18.4. The first-order valence-corrected chi connectivity index (χ1v) is 15.2. The number of para-hydroxylation sites is 1. The lowest BCUT2D eigenvalue weighted by Crippen LogP contribution is -2.44. The molecule has 2 amide bonds. The van der Waals surface area contributed by atoms with Crippen molar-refractivity contribution in [3.8, 4) is 16.3 Å². The zero-order valence-corrected chi connectivity index (χ0v) is 23.6. The molecular formula is C30H29FN4O3S2. The first-order chi connectivity index (χ1) is 19.5. The Kier molecular flexibility index (Phi) is 7.73. The molecule has 2 aliphatic rings. The molecule has 2 atom stereocenters. The van der Waals surface area contributed by atoms with E-state index in [2.05, 4.69) is 5.32 Å². The van der Waals surface area contributed by atoms with Crippen molar-refractivity contribution >= 4 is 40.7 Å². The lowest BCUT2D eigenvalue weighted by molar-refractivity contribution is -0.123. The maximum absolute atomic E-state index is 15.3. The molecule has 1 saturated heterocycles. The third-order valence-electron chi connectivity index (χ3n) is 7.23. The number of benzene rings is 2. The van der Waals surface area contributed by atoms with E-state index < -0.39 is 5.25 Å². The molecule has 2 aromatic carbocycles. The molecule has 10 heteroatoms. The van der Waals surface area contributed by atoms with Crippen molar-refractivity contribution in [1.29, 1.82) is 0 Å². The second-order valence-corrected chi connectivity index (χ2v) is 11.9. The molecule has 0 radical (unpaired) electrons. The number of aromatic nitrogens is 2. The fourth-order valence-electron chi connectivity index (χ4n) is 5.25. The van der Waals surface area contributed by atoms with Crippen LogP contribution < -0.4 is 10.2 Å². The van der Waals surface area contributed by atoms with Gasteiger partial charge in [0.25, 0.3) is 0 Å². The molecule has 4 heterocycles. The fraction of sp³-hybridized carbons (Fsp3) is 0.300. The summed E-state index contributed by atoms with van der Waals surface area (Å²) in [5.74, 6) is -0.274. The van der Waals surface area contributed by atoms with E-state index in [4.69, 9.17) is 9.84 Å². The molecule has 2 aromatic heterocycles. The molecule has 40 heavy (non-hydrogen) atoms. The first kappa shape index (κ1) is 26.7. The summed E-state index contributed by atoms with van der Waals surface area (Å²) < 4.78 is 22.7. The second-order valence-electron chi connectivity index (χ2n) is 9.89. The van der Waals surface area contributed by atoms with Gasteiger partial charge >= 0.3 is 0 Å². The molecule has 7 nitrogen and oxygen atoms in total. The van der Waals surface area contributed by atoms with Crippen LogP contribution in [0.4, 0.5) is 10.2 Å². The normalized spacial score (nSPS) is 18.9. The van der Waals surface area contributed by atoms with Crippen molar-refractivity contribution in [2.75, 3.05) is 30.3 Å². The maximum atomic E-state index is 15.3. The van der Waals surface area contributed by atoms with Gasteiger partial charge in [0.05, 0.1) is 27.7 Å². The highest BCUT2D eigenvalue weighted by Crippen LogP contribution is 2.49. The molecule has 0 spiro atoms. The van der Waals surface area contributed by atoms with Crippen LogP contribution in [0.25, 0.3) is 16.3 Å². The molecule has 206 valence electrons. The van der Waals surface area contributed by atoms with Gasteiger partial charge in [-0.05, 0) is 48.9 Å². The number of carbonyl (C=O) groups is 2. The smallest absolute Gasteiger partial charge is 0.240 e. The predicted octanol–water partition coefficient (Wildman–Crippen LogP) is 5.51. The number of amides is 2. The minimum atomic E-state index is -0.505. The van der Waals surface area contributed by atoms with Gasteiger partial charge in [0.2, 0.25) is 11.8 Å². The Hall–Kier alpha value is -3.47. The van der Waals surface area contributed by atoms with Crippen molar-refractivity contribution in [2.45, 2.75) is 31.1 Å². The van der Waals surface area contributed by atoms with Gasteiger partial charge in [-0.2, -0.15) is 5.10 Å². The van der Waals surface area contributed by atoms with Crippen LogP contribution in [0.2, 0.25) is 0 Å².